The summed E-state index contributed by atoms with van der Waals surface area (Å²) in [5.74, 6) is 0.613. The summed E-state index contributed by atoms with van der Waals surface area (Å²) >= 11 is 0. The Morgan fingerprint density at radius 1 is 1.35 bits per heavy atom. The van der Waals surface area contributed by atoms with E-state index in [1.165, 1.54) is 0 Å². The predicted molar refractivity (Wildman–Crippen MR) is 71.5 cm³/mol. The highest BCUT2D eigenvalue weighted by molar-refractivity contribution is 7.89. The first-order valence-corrected chi connectivity index (χ1v) is 8.39. The second-order valence-electron chi connectivity index (χ2n) is 4.84. The number of rotatable bonds is 7. The lowest BCUT2D eigenvalue weighted by molar-refractivity contribution is 0.380. The van der Waals surface area contributed by atoms with Gasteiger partial charge in [0.15, 0.2) is 0 Å². The monoisotopic (exact) mass is 262 g/mol. The van der Waals surface area contributed by atoms with Gasteiger partial charge in [0.2, 0.25) is 10.0 Å². The molecule has 1 rings (SSSR count). The third kappa shape index (κ3) is 4.94. The van der Waals surface area contributed by atoms with Crippen LogP contribution >= 0.6 is 0 Å². The Labute approximate surface area is 106 Å². The minimum absolute atomic E-state index is 0.296. The van der Waals surface area contributed by atoms with E-state index in [1.807, 2.05) is 6.92 Å². The summed E-state index contributed by atoms with van der Waals surface area (Å²) < 4.78 is 26.1. The van der Waals surface area contributed by atoms with Gasteiger partial charge in [-0.05, 0) is 38.3 Å². The van der Waals surface area contributed by atoms with Crippen molar-refractivity contribution in [2.45, 2.75) is 39.5 Å². The number of nitrogens with zero attached hydrogens (tertiary/aromatic N) is 1. The summed E-state index contributed by atoms with van der Waals surface area (Å²) in [6.07, 6.45) is 4.13. The van der Waals surface area contributed by atoms with Crippen LogP contribution in [0.25, 0.3) is 0 Å². The Bertz CT molecular complexity index is 298. The number of unbranched alkanes of at least 4 members (excludes halogenated alkanes) is 1. The molecule has 0 aliphatic carbocycles. The van der Waals surface area contributed by atoms with E-state index in [9.17, 15) is 8.42 Å². The van der Waals surface area contributed by atoms with Crippen molar-refractivity contribution in [1.82, 2.24) is 9.62 Å². The van der Waals surface area contributed by atoms with Gasteiger partial charge >= 0.3 is 0 Å². The van der Waals surface area contributed by atoms with Gasteiger partial charge in [0.1, 0.15) is 0 Å². The molecule has 1 saturated heterocycles. The van der Waals surface area contributed by atoms with Crippen molar-refractivity contribution in [3.05, 3.63) is 0 Å². The molecule has 17 heavy (non-hydrogen) atoms. The molecule has 0 amide bonds. The largest absolute Gasteiger partial charge is 0.316 e. The third-order valence-electron chi connectivity index (χ3n) is 3.35. The molecule has 1 fully saturated rings. The molecule has 0 spiro atoms. The molecule has 0 aromatic rings. The van der Waals surface area contributed by atoms with Crippen LogP contribution in [0.3, 0.4) is 0 Å². The fourth-order valence-electron chi connectivity index (χ4n) is 2.30. The second-order valence-corrected chi connectivity index (χ2v) is 6.85. The first-order chi connectivity index (χ1) is 8.10. The van der Waals surface area contributed by atoms with Gasteiger partial charge in [-0.3, -0.25) is 0 Å². The average molecular weight is 262 g/mol. The van der Waals surface area contributed by atoms with E-state index in [1.54, 1.807) is 4.31 Å². The number of sulfonamides is 1. The van der Waals surface area contributed by atoms with E-state index in [-0.39, 0.29) is 0 Å². The first kappa shape index (κ1) is 14.9. The Morgan fingerprint density at radius 2 is 2.12 bits per heavy atom. The zero-order chi connectivity index (χ0) is 12.7. The fourth-order valence-corrected chi connectivity index (χ4v) is 4.19. The zero-order valence-corrected chi connectivity index (χ0v) is 11.9. The van der Waals surface area contributed by atoms with Gasteiger partial charge in [0, 0.05) is 13.1 Å². The molecule has 1 aliphatic heterocycles. The first-order valence-electron chi connectivity index (χ1n) is 6.78. The Hall–Kier alpha value is -0.130. The summed E-state index contributed by atoms with van der Waals surface area (Å²) in [5, 5.41) is 3.27. The minimum Gasteiger partial charge on any atom is -0.316 e. The smallest absolute Gasteiger partial charge is 0.214 e. The summed E-state index contributed by atoms with van der Waals surface area (Å²) in [6.45, 7) is 7.17. The van der Waals surface area contributed by atoms with E-state index in [0.29, 0.717) is 24.8 Å². The minimum atomic E-state index is -3.05. The summed E-state index contributed by atoms with van der Waals surface area (Å²) in [5.41, 5.74) is 0. The van der Waals surface area contributed by atoms with Gasteiger partial charge in [-0.15, -0.1) is 0 Å². The van der Waals surface area contributed by atoms with Gasteiger partial charge in [-0.2, -0.15) is 0 Å². The number of piperidine rings is 1. The predicted octanol–water partition coefficient (Wildman–Crippen LogP) is 1.44. The molecule has 4 nitrogen and oxygen atoms in total. The topological polar surface area (TPSA) is 49.4 Å². The molecule has 1 unspecified atom stereocenters. The molecule has 1 atom stereocenters. The average Bonchev–Trinajstić information content (AvgIpc) is 2.30. The van der Waals surface area contributed by atoms with Crippen molar-refractivity contribution < 1.29 is 8.42 Å². The van der Waals surface area contributed by atoms with Crippen molar-refractivity contribution in [2.75, 3.05) is 31.9 Å². The van der Waals surface area contributed by atoms with Gasteiger partial charge < -0.3 is 5.32 Å². The van der Waals surface area contributed by atoms with E-state index < -0.39 is 10.0 Å². The molecule has 5 heteroatoms. The van der Waals surface area contributed by atoms with Crippen LogP contribution in [0.1, 0.15) is 39.5 Å². The molecule has 102 valence electrons. The molecule has 1 heterocycles. The number of hydrogen-bond donors (Lipinski definition) is 1. The maximum atomic E-state index is 12.2. The Balaban J connectivity index is 2.51. The van der Waals surface area contributed by atoms with Crippen molar-refractivity contribution in [1.29, 1.82) is 0 Å². The van der Waals surface area contributed by atoms with Crippen LogP contribution in [-0.4, -0.2) is 44.7 Å². The van der Waals surface area contributed by atoms with E-state index >= 15 is 0 Å². The van der Waals surface area contributed by atoms with Crippen molar-refractivity contribution in [2.24, 2.45) is 5.92 Å². The summed E-state index contributed by atoms with van der Waals surface area (Å²) in [4.78, 5) is 0. The molecular weight excluding hydrogens is 236 g/mol. The number of hydrogen-bond acceptors (Lipinski definition) is 3. The van der Waals surface area contributed by atoms with Crippen LogP contribution in [0.4, 0.5) is 0 Å². The SMILES string of the molecule is CCCCN(CC)S(=O)(=O)CC1CCCNC1. The van der Waals surface area contributed by atoms with Crippen LogP contribution in [0.2, 0.25) is 0 Å². The van der Waals surface area contributed by atoms with Crippen molar-refractivity contribution in [3.63, 3.8) is 0 Å². The second kappa shape index (κ2) is 7.34. The van der Waals surface area contributed by atoms with E-state index in [4.69, 9.17) is 0 Å². The highest BCUT2D eigenvalue weighted by Gasteiger charge is 2.25. The lowest BCUT2D eigenvalue weighted by Crippen LogP contribution is -2.40. The molecule has 0 bridgehead atoms. The summed E-state index contributed by atoms with van der Waals surface area (Å²) in [7, 11) is -3.05. The van der Waals surface area contributed by atoms with Crippen molar-refractivity contribution >= 4 is 10.0 Å². The van der Waals surface area contributed by atoms with Crippen LogP contribution in [0.5, 0.6) is 0 Å². The van der Waals surface area contributed by atoms with Crippen LogP contribution in [0, 0.1) is 5.92 Å². The van der Waals surface area contributed by atoms with Gasteiger partial charge in [0.25, 0.3) is 0 Å². The molecule has 0 aromatic carbocycles. The normalized spacial score (nSPS) is 21.9. The molecule has 1 N–H and O–H groups in total. The van der Waals surface area contributed by atoms with E-state index in [2.05, 4.69) is 12.2 Å². The zero-order valence-electron chi connectivity index (χ0n) is 11.1. The lowest BCUT2D eigenvalue weighted by atomic mass is 10.0. The summed E-state index contributed by atoms with van der Waals surface area (Å²) in [6, 6.07) is 0. The Morgan fingerprint density at radius 3 is 2.65 bits per heavy atom. The van der Waals surface area contributed by atoms with Gasteiger partial charge in [0.05, 0.1) is 5.75 Å². The quantitative estimate of drug-likeness (QED) is 0.755. The molecule has 0 saturated carbocycles. The maximum absolute atomic E-state index is 12.2. The molecule has 0 aromatic heterocycles. The Kier molecular flexibility index (Phi) is 6.44. The van der Waals surface area contributed by atoms with Gasteiger partial charge in [-0.25, -0.2) is 12.7 Å². The lowest BCUT2D eigenvalue weighted by Gasteiger charge is -2.26. The molecular formula is C12H26N2O2S. The third-order valence-corrected chi connectivity index (χ3v) is 5.47. The highest BCUT2D eigenvalue weighted by Crippen LogP contribution is 2.15. The molecule has 1 aliphatic rings. The van der Waals surface area contributed by atoms with Crippen LogP contribution in [0.15, 0.2) is 0 Å². The maximum Gasteiger partial charge on any atom is 0.214 e. The van der Waals surface area contributed by atoms with Crippen LogP contribution in [-0.2, 0) is 10.0 Å². The number of nitrogens with one attached hydrogen (secondary N) is 1. The standard InChI is InChI=1S/C12H26N2O2S/c1-3-5-9-14(4-2)17(15,16)11-12-7-6-8-13-10-12/h12-13H,3-11H2,1-2H3. The van der Waals surface area contributed by atoms with Crippen molar-refractivity contribution in [3.8, 4) is 0 Å². The van der Waals surface area contributed by atoms with Gasteiger partial charge in [-0.1, -0.05) is 20.3 Å². The van der Waals surface area contributed by atoms with Crippen LogP contribution < -0.4 is 5.32 Å². The molecule has 0 radical (unpaired) electrons. The highest BCUT2D eigenvalue weighted by atomic mass is 32.2. The van der Waals surface area contributed by atoms with E-state index in [0.717, 1.165) is 38.8 Å². The fraction of sp³-hybridized carbons (Fsp3) is 1.00.